The lowest BCUT2D eigenvalue weighted by molar-refractivity contribution is -0.243. The number of hydrogen-bond donors (Lipinski definition) is 1. The van der Waals surface area contributed by atoms with Crippen LogP contribution >= 0.6 is 0 Å². The molecule has 1 unspecified atom stereocenters. The molecule has 144 valence electrons. The molecule has 1 aromatic rings. The van der Waals surface area contributed by atoms with Crippen molar-refractivity contribution in [3.63, 3.8) is 0 Å². The van der Waals surface area contributed by atoms with Gasteiger partial charge in [-0.05, 0) is 38.1 Å². The van der Waals surface area contributed by atoms with Crippen LogP contribution in [-0.2, 0) is 19.6 Å². The highest BCUT2D eigenvalue weighted by Gasteiger charge is 2.57. The van der Waals surface area contributed by atoms with Crippen LogP contribution in [0.3, 0.4) is 0 Å². The van der Waals surface area contributed by atoms with Gasteiger partial charge in [0, 0.05) is 5.57 Å². The molecule has 1 aromatic carbocycles. The molecular formula is C15H15F3O7S. The summed E-state index contributed by atoms with van der Waals surface area (Å²) in [6.45, 7) is 5.09. The molecule has 1 N–H and O–H groups in total. The van der Waals surface area contributed by atoms with E-state index >= 15 is 0 Å². The van der Waals surface area contributed by atoms with E-state index in [0.717, 1.165) is 24.3 Å². The van der Waals surface area contributed by atoms with E-state index in [9.17, 15) is 31.2 Å². The van der Waals surface area contributed by atoms with Crippen LogP contribution in [0.1, 0.15) is 24.2 Å². The first-order valence-electron chi connectivity index (χ1n) is 6.87. The third-order valence-electron chi connectivity index (χ3n) is 3.02. The number of carbonyl (C=O) groups excluding carboxylic acids is 2. The summed E-state index contributed by atoms with van der Waals surface area (Å²) < 4.78 is 78.7. The van der Waals surface area contributed by atoms with Gasteiger partial charge in [-0.2, -0.15) is 21.6 Å². The third-order valence-corrected chi connectivity index (χ3v) is 3.94. The van der Waals surface area contributed by atoms with Crippen molar-refractivity contribution in [2.75, 3.05) is 5.75 Å². The molecule has 7 nitrogen and oxygen atoms in total. The van der Waals surface area contributed by atoms with E-state index in [1.807, 2.05) is 0 Å². The van der Waals surface area contributed by atoms with Crippen molar-refractivity contribution in [1.29, 1.82) is 0 Å². The molecule has 0 fully saturated rings. The van der Waals surface area contributed by atoms with E-state index in [2.05, 4.69) is 11.3 Å². The molecule has 0 aliphatic rings. The Hall–Kier alpha value is -2.40. The molecule has 0 aliphatic carbocycles. The minimum absolute atomic E-state index is 0.00562. The second-order valence-corrected chi connectivity index (χ2v) is 6.99. The summed E-state index contributed by atoms with van der Waals surface area (Å²) in [5.41, 5.74) is -3.70. The fourth-order valence-electron chi connectivity index (χ4n) is 1.63. The zero-order chi connectivity index (χ0) is 20.3. The van der Waals surface area contributed by atoms with Crippen molar-refractivity contribution >= 4 is 22.1 Å². The Balaban J connectivity index is 3.00. The molecular weight excluding hydrogens is 381 g/mol. The molecule has 0 heterocycles. The Morgan fingerprint density at radius 1 is 1.19 bits per heavy atom. The predicted molar refractivity (Wildman–Crippen MR) is 83.2 cm³/mol. The van der Waals surface area contributed by atoms with Gasteiger partial charge in [0.1, 0.15) is 11.5 Å². The van der Waals surface area contributed by atoms with Crippen molar-refractivity contribution in [3.8, 4) is 5.75 Å². The first-order valence-corrected chi connectivity index (χ1v) is 8.48. The van der Waals surface area contributed by atoms with Gasteiger partial charge in [-0.3, -0.25) is 4.55 Å². The van der Waals surface area contributed by atoms with Gasteiger partial charge in [0.05, 0.1) is 5.56 Å². The summed E-state index contributed by atoms with van der Waals surface area (Å²) in [5, 5.41) is 0. The standard InChI is InChI=1S/C15H15F3O7S/c1-9(2)12(19)24-11-6-4-10(5-7-11)13(20)25-14(3,15(16,17)18)8-26(21,22)23/h4-7H,1,8H2,2-3H3,(H,21,22,23). The summed E-state index contributed by atoms with van der Waals surface area (Å²) in [5.74, 6) is -4.07. The van der Waals surface area contributed by atoms with Crippen molar-refractivity contribution in [2.24, 2.45) is 0 Å². The van der Waals surface area contributed by atoms with Crippen molar-refractivity contribution in [3.05, 3.63) is 42.0 Å². The predicted octanol–water partition coefficient (Wildman–Crippen LogP) is 2.53. The van der Waals surface area contributed by atoms with Crippen LogP contribution in [0.15, 0.2) is 36.4 Å². The van der Waals surface area contributed by atoms with Gasteiger partial charge in [0.15, 0.2) is 0 Å². The van der Waals surface area contributed by atoms with Crippen LogP contribution < -0.4 is 4.74 Å². The second-order valence-electron chi connectivity index (χ2n) is 5.54. The minimum atomic E-state index is -5.25. The van der Waals surface area contributed by atoms with Crippen LogP contribution in [0.5, 0.6) is 5.75 Å². The molecule has 26 heavy (non-hydrogen) atoms. The van der Waals surface area contributed by atoms with Gasteiger partial charge in [-0.15, -0.1) is 0 Å². The summed E-state index contributed by atoms with van der Waals surface area (Å²) in [6.07, 6.45) is -5.25. The van der Waals surface area contributed by atoms with Gasteiger partial charge >= 0.3 is 18.1 Å². The third kappa shape index (κ3) is 5.85. The lowest BCUT2D eigenvalue weighted by Gasteiger charge is -2.30. The number of alkyl halides is 3. The highest BCUT2D eigenvalue weighted by atomic mass is 32.2. The first kappa shape index (κ1) is 21.6. The molecule has 0 saturated heterocycles. The van der Waals surface area contributed by atoms with Crippen molar-refractivity contribution < 1.29 is 45.2 Å². The Labute approximate surface area is 147 Å². The number of benzene rings is 1. The van der Waals surface area contributed by atoms with Crippen LogP contribution in [0.25, 0.3) is 0 Å². The van der Waals surface area contributed by atoms with Gasteiger partial charge in [0.25, 0.3) is 10.1 Å². The Bertz CT molecular complexity index is 813. The zero-order valence-corrected chi connectivity index (χ0v) is 14.5. The number of halogens is 3. The lowest BCUT2D eigenvalue weighted by atomic mass is 10.1. The Kier molecular flexibility index (Phi) is 6.21. The van der Waals surface area contributed by atoms with E-state index in [4.69, 9.17) is 9.29 Å². The van der Waals surface area contributed by atoms with Gasteiger partial charge in [0.2, 0.25) is 5.60 Å². The quantitative estimate of drug-likeness (QED) is 0.341. The largest absolute Gasteiger partial charge is 0.445 e. The molecule has 0 amide bonds. The van der Waals surface area contributed by atoms with E-state index in [1.165, 1.54) is 6.92 Å². The molecule has 1 atom stereocenters. The SMILES string of the molecule is C=C(C)C(=O)Oc1ccc(C(=O)OC(C)(CS(=O)(=O)O)C(F)(F)F)cc1. The van der Waals surface area contributed by atoms with E-state index in [-0.39, 0.29) is 16.9 Å². The maximum atomic E-state index is 13.1. The normalized spacial score (nSPS) is 14.2. The monoisotopic (exact) mass is 396 g/mol. The molecule has 0 aromatic heterocycles. The minimum Gasteiger partial charge on any atom is -0.445 e. The molecule has 0 bridgehead atoms. The van der Waals surface area contributed by atoms with E-state index in [1.54, 1.807) is 0 Å². The van der Waals surface area contributed by atoms with E-state index in [0.29, 0.717) is 6.92 Å². The van der Waals surface area contributed by atoms with Gasteiger partial charge in [-0.25, -0.2) is 9.59 Å². The zero-order valence-electron chi connectivity index (χ0n) is 13.7. The summed E-state index contributed by atoms with van der Waals surface area (Å²) in [7, 11) is -5.08. The van der Waals surface area contributed by atoms with Crippen molar-refractivity contribution in [1.82, 2.24) is 0 Å². The average molecular weight is 396 g/mol. The topological polar surface area (TPSA) is 107 Å². The van der Waals surface area contributed by atoms with Crippen LogP contribution in [-0.4, -0.2) is 42.4 Å². The molecule has 0 aliphatic heterocycles. The molecule has 0 radical (unpaired) electrons. The molecule has 0 saturated carbocycles. The molecule has 1 rings (SSSR count). The first-order chi connectivity index (χ1) is 11.6. The highest BCUT2D eigenvalue weighted by Crippen LogP contribution is 2.35. The summed E-state index contributed by atoms with van der Waals surface area (Å²) in [6, 6.07) is 4.30. The average Bonchev–Trinajstić information content (AvgIpc) is 2.44. The fraction of sp³-hybridized carbons (Fsp3) is 0.333. The summed E-state index contributed by atoms with van der Waals surface area (Å²) in [4.78, 5) is 23.3. The maximum absolute atomic E-state index is 13.1. The Morgan fingerprint density at radius 2 is 1.69 bits per heavy atom. The lowest BCUT2D eigenvalue weighted by Crippen LogP contribution is -2.51. The number of ether oxygens (including phenoxy) is 2. The van der Waals surface area contributed by atoms with Crippen molar-refractivity contribution in [2.45, 2.75) is 25.6 Å². The number of rotatable bonds is 6. The Morgan fingerprint density at radius 3 is 2.08 bits per heavy atom. The van der Waals surface area contributed by atoms with Gasteiger partial charge in [-0.1, -0.05) is 6.58 Å². The van der Waals surface area contributed by atoms with Crippen LogP contribution in [0.2, 0.25) is 0 Å². The number of carbonyl (C=O) groups is 2. The number of hydrogen-bond acceptors (Lipinski definition) is 6. The van der Waals surface area contributed by atoms with Crippen LogP contribution in [0, 0.1) is 0 Å². The summed E-state index contributed by atoms with van der Waals surface area (Å²) >= 11 is 0. The second kappa shape index (κ2) is 7.46. The van der Waals surface area contributed by atoms with E-state index < -0.39 is 39.6 Å². The van der Waals surface area contributed by atoms with Crippen LogP contribution in [0.4, 0.5) is 13.2 Å². The fourth-order valence-corrected chi connectivity index (χ4v) is 2.55. The van der Waals surface area contributed by atoms with Gasteiger partial charge < -0.3 is 9.47 Å². The smallest absolute Gasteiger partial charge is 0.429 e. The molecule has 0 spiro atoms. The maximum Gasteiger partial charge on any atom is 0.429 e. The number of esters is 2. The highest BCUT2D eigenvalue weighted by molar-refractivity contribution is 7.85. The molecule has 11 heteroatoms.